The Balaban J connectivity index is -0.0000000146. The average molecular weight is 294 g/mol. The van der Waals surface area contributed by atoms with Crippen LogP contribution in [0.25, 0.3) is 0 Å². The van der Waals surface area contributed by atoms with Crippen molar-refractivity contribution in [2.75, 3.05) is 0 Å². The van der Waals surface area contributed by atoms with Crippen molar-refractivity contribution in [3.05, 3.63) is 0 Å². The molecule has 0 aliphatic carbocycles. The van der Waals surface area contributed by atoms with Gasteiger partial charge in [0.05, 0.1) is 0 Å². The van der Waals surface area contributed by atoms with Crippen molar-refractivity contribution in [2.45, 2.75) is 0 Å². The molecule has 0 aromatic rings. The minimum Gasteiger partial charge on any atom is -1.00 e. The zero-order valence-corrected chi connectivity index (χ0v) is 17.6. The fourth-order valence-electron chi connectivity index (χ4n) is 0. The topological polar surface area (TPSA) is 141 Å². The largest absolute Gasteiger partial charge is 1.00 e. The molecule has 0 aromatic heterocycles. The van der Waals surface area contributed by atoms with Gasteiger partial charge in [0, 0.05) is 0 Å². The van der Waals surface area contributed by atoms with Crippen LogP contribution in [0.5, 0.6) is 0 Å². The molecule has 12 heteroatoms. The van der Waals surface area contributed by atoms with Crippen molar-refractivity contribution in [1.82, 2.24) is 0 Å². The second-order valence-electron chi connectivity index (χ2n) is 0.763. The molecule has 3 N–H and O–H groups in total. The van der Waals surface area contributed by atoms with Gasteiger partial charge in [-0.2, -0.15) is 0 Å². The first-order valence-corrected chi connectivity index (χ1v) is 2.96. The van der Waals surface area contributed by atoms with Crippen molar-refractivity contribution in [3.8, 4) is 0 Å². The van der Waals surface area contributed by atoms with Gasteiger partial charge in [0.15, 0.2) is 0 Å². The van der Waals surface area contributed by atoms with Crippen molar-refractivity contribution in [2.24, 2.45) is 0 Å². The van der Waals surface area contributed by atoms with Gasteiger partial charge in [0.2, 0.25) is 0 Å². The van der Waals surface area contributed by atoms with E-state index in [2.05, 4.69) is 0 Å². The number of carbonyl (C=O) groups excluding carboxylic acids is 1. The summed E-state index contributed by atoms with van der Waals surface area (Å²) in [6, 6.07) is 0. The van der Waals surface area contributed by atoms with Gasteiger partial charge in [-0.25, -0.2) is 4.57 Å². The number of phosphoric acid groups is 1. The smallest absolute Gasteiger partial charge is 1.00 e. The summed E-state index contributed by atoms with van der Waals surface area (Å²) < 4.78 is 8.88. The van der Waals surface area contributed by atoms with E-state index in [-0.39, 0.29) is 159 Å². The van der Waals surface area contributed by atoms with E-state index >= 15 is 0 Å². The third-order valence-corrected chi connectivity index (χ3v) is 0. The van der Waals surface area contributed by atoms with Crippen molar-refractivity contribution >= 4 is 14.0 Å². The van der Waals surface area contributed by atoms with Gasteiger partial charge in [-0.05, 0) is 6.16 Å². The van der Waals surface area contributed by atoms with Crippen LogP contribution in [-0.2, 0) is 4.57 Å². The van der Waals surface area contributed by atoms with Crippen LogP contribution in [0.1, 0.15) is 0 Å². The van der Waals surface area contributed by atoms with E-state index < -0.39 is 14.0 Å². The summed E-state index contributed by atoms with van der Waals surface area (Å²) in [4.78, 5) is 29.9. The predicted octanol–water partition coefficient (Wildman–Crippen LogP) is -15.4. The Morgan fingerprint density at radius 2 is 1.00 bits per heavy atom. The van der Waals surface area contributed by atoms with Crippen molar-refractivity contribution < 1.29 is 193 Å². The van der Waals surface area contributed by atoms with Gasteiger partial charge < -0.3 is 34.4 Å². The maximum Gasteiger partial charge on any atom is 1.00 e. The molecule has 0 aliphatic heterocycles. The van der Waals surface area contributed by atoms with E-state index in [0.29, 0.717) is 0 Å². The summed E-state index contributed by atoms with van der Waals surface area (Å²) in [5.74, 6) is 0. The van der Waals surface area contributed by atoms with Gasteiger partial charge in [-0.1, -0.05) is 0 Å². The number of carboxylic acid groups (broad SMARTS) is 2. The molecule has 0 saturated carbocycles. The minimum absolute atomic E-state index is 0. The number of carbonyl (C=O) groups is 1. The molecular weight excluding hydrogens is 291 g/mol. The summed E-state index contributed by atoms with van der Waals surface area (Å²) in [5.41, 5.74) is 0. The Morgan fingerprint density at radius 1 is 1.00 bits per heavy atom. The normalized spacial score (nSPS) is 6.38. The SMILES string of the molecule is O=C([O-])[O-].O=P(O)(O)O.[F-].[K+].[K+].[K+]. The predicted molar refractivity (Wildman–Crippen MR) is 19.7 cm³/mol. The molecule has 0 fully saturated rings. The Morgan fingerprint density at radius 3 is 1.00 bits per heavy atom. The van der Waals surface area contributed by atoms with Crippen LogP contribution < -0.4 is 169 Å². The van der Waals surface area contributed by atoms with Crippen LogP contribution in [0.15, 0.2) is 0 Å². The van der Waals surface area contributed by atoms with Crippen LogP contribution in [-0.4, -0.2) is 20.8 Å². The Bertz CT molecular complexity index is 123. The number of rotatable bonds is 0. The summed E-state index contributed by atoms with van der Waals surface area (Å²) in [7, 11) is -4.64. The van der Waals surface area contributed by atoms with Crippen LogP contribution in [0.3, 0.4) is 0 Å². The van der Waals surface area contributed by atoms with E-state index in [1.807, 2.05) is 0 Å². The zero-order valence-electron chi connectivity index (χ0n) is 7.30. The van der Waals surface area contributed by atoms with E-state index in [0.717, 1.165) is 0 Å². The molecule has 0 radical (unpaired) electrons. The Labute approximate surface area is 201 Å². The molecule has 0 heterocycles. The molecule has 0 atom stereocenters. The average Bonchev–Trinajstić information content (AvgIpc) is 1.19. The van der Waals surface area contributed by atoms with Gasteiger partial charge in [0.25, 0.3) is 0 Å². The molecule has 0 saturated heterocycles. The minimum atomic E-state index is -4.64. The molecular formula is CH3FK3O7P. The maximum atomic E-state index is 8.88. The fraction of sp³-hybridized carbons (Fsp3) is 0. The summed E-state index contributed by atoms with van der Waals surface area (Å²) in [6.45, 7) is 0. The fourth-order valence-corrected chi connectivity index (χ4v) is 0. The van der Waals surface area contributed by atoms with Crippen molar-refractivity contribution in [1.29, 1.82) is 0 Å². The first kappa shape index (κ1) is 36.0. The van der Waals surface area contributed by atoms with Crippen LogP contribution in [0.4, 0.5) is 4.79 Å². The van der Waals surface area contributed by atoms with Gasteiger partial charge in [-0.3, -0.25) is 0 Å². The maximum absolute atomic E-state index is 8.88. The molecule has 0 amide bonds. The second-order valence-corrected chi connectivity index (χ2v) is 1.79. The third kappa shape index (κ3) is 184. The van der Waals surface area contributed by atoms with E-state index in [4.69, 9.17) is 34.3 Å². The number of hydrogen-bond acceptors (Lipinski definition) is 4. The molecule has 64 valence electrons. The standard InChI is InChI=1S/CH2O3.FH.3K.H3O4P/c2-1(3)4;;;;;1-5(2,3)4/h(H2,2,3,4);1H;;;;(H3,1,2,3,4)/q;;3*+1;/p-3. The third-order valence-electron chi connectivity index (χ3n) is 0. The summed E-state index contributed by atoms with van der Waals surface area (Å²) in [5, 5.41) is 16.7. The first-order valence-electron chi connectivity index (χ1n) is 1.39. The van der Waals surface area contributed by atoms with Crippen LogP contribution >= 0.6 is 7.82 Å². The molecule has 0 rings (SSSR count). The summed E-state index contributed by atoms with van der Waals surface area (Å²) >= 11 is 0. The Kier molecular flexibility index (Phi) is 59.5. The monoisotopic (exact) mass is 294 g/mol. The zero-order chi connectivity index (χ0) is 8.08. The van der Waals surface area contributed by atoms with Crippen LogP contribution in [0.2, 0.25) is 0 Å². The molecule has 0 aliphatic rings. The van der Waals surface area contributed by atoms with Gasteiger partial charge in [0.1, 0.15) is 0 Å². The molecule has 0 spiro atoms. The molecule has 13 heavy (non-hydrogen) atoms. The van der Waals surface area contributed by atoms with Crippen LogP contribution in [0, 0.1) is 0 Å². The van der Waals surface area contributed by atoms with E-state index in [9.17, 15) is 0 Å². The molecule has 0 aromatic carbocycles. The quantitative estimate of drug-likeness (QED) is 0.297. The van der Waals surface area contributed by atoms with Gasteiger partial charge >= 0.3 is 162 Å². The molecule has 0 bridgehead atoms. The molecule has 7 nitrogen and oxygen atoms in total. The number of hydrogen-bond donors (Lipinski definition) is 3. The second kappa shape index (κ2) is 21.5. The van der Waals surface area contributed by atoms with E-state index in [1.54, 1.807) is 0 Å². The molecule has 0 unspecified atom stereocenters. The Hall–Kier alpha value is 4.22. The first-order chi connectivity index (χ1) is 3.73. The van der Waals surface area contributed by atoms with E-state index in [1.165, 1.54) is 0 Å². The van der Waals surface area contributed by atoms with Gasteiger partial charge in [-0.15, -0.1) is 0 Å². The number of halogens is 1. The van der Waals surface area contributed by atoms with Crippen molar-refractivity contribution in [3.63, 3.8) is 0 Å². The summed E-state index contributed by atoms with van der Waals surface area (Å²) in [6.07, 6.45) is -2.33.